The number of rotatable bonds is 6. The van der Waals surface area contributed by atoms with Gasteiger partial charge in [-0.3, -0.25) is 0 Å². The van der Waals surface area contributed by atoms with E-state index in [1.807, 2.05) is 12.1 Å². The minimum Gasteiger partial charge on any atom is -0.496 e. The molecular formula is C20H26NO3+. The lowest BCUT2D eigenvalue weighted by Gasteiger charge is -2.24. The second-order valence-electron chi connectivity index (χ2n) is 6.16. The third-order valence-corrected chi connectivity index (χ3v) is 4.82. The summed E-state index contributed by atoms with van der Waals surface area (Å²) < 4.78 is 16.3. The summed E-state index contributed by atoms with van der Waals surface area (Å²) in [5, 5.41) is 2.40. The zero-order chi connectivity index (χ0) is 16.9. The van der Waals surface area contributed by atoms with E-state index in [0.717, 1.165) is 23.6 Å². The summed E-state index contributed by atoms with van der Waals surface area (Å²) in [4.78, 5) is 0. The number of methoxy groups -OCH3 is 3. The van der Waals surface area contributed by atoms with Crippen molar-refractivity contribution in [2.45, 2.75) is 31.8 Å². The first-order chi connectivity index (χ1) is 11.8. The smallest absolute Gasteiger partial charge is 0.164 e. The van der Waals surface area contributed by atoms with Crippen LogP contribution in [-0.4, -0.2) is 21.3 Å². The molecule has 0 unspecified atom stereocenters. The maximum atomic E-state index is 5.54. The first-order valence-corrected chi connectivity index (χ1v) is 8.46. The molecule has 1 aliphatic rings. The standard InChI is InChI=1S/C20H25NO3/c1-22-18-12-20(24-3)19(23-2)11-15(18)13-21-17-10-6-8-14-7-4-5-9-16(14)17/h4-5,7,9,11-12,17,21H,6,8,10,13H2,1-3H3/p+1/t17-/m1/s1. The molecule has 1 aliphatic carbocycles. The van der Waals surface area contributed by atoms with Crippen LogP contribution in [0.1, 0.15) is 35.6 Å². The number of hydrogen-bond acceptors (Lipinski definition) is 3. The van der Waals surface area contributed by atoms with E-state index < -0.39 is 0 Å². The topological polar surface area (TPSA) is 44.3 Å². The largest absolute Gasteiger partial charge is 0.496 e. The Morgan fingerprint density at radius 2 is 1.67 bits per heavy atom. The first-order valence-electron chi connectivity index (χ1n) is 8.46. The van der Waals surface area contributed by atoms with Gasteiger partial charge in [0.1, 0.15) is 18.3 Å². The summed E-state index contributed by atoms with van der Waals surface area (Å²) >= 11 is 0. The van der Waals surface area contributed by atoms with Gasteiger partial charge in [-0.05, 0) is 24.5 Å². The average Bonchev–Trinajstić information content (AvgIpc) is 2.65. The number of nitrogens with two attached hydrogens (primary N) is 1. The van der Waals surface area contributed by atoms with Crippen molar-refractivity contribution in [3.8, 4) is 17.2 Å². The van der Waals surface area contributed by atoms with Gasteiger partial charge in [-0.25, -0.2) is 0 Å². The van der Waals surface area contributed by atoms with E-state index >= 15 is 0 Å². The highest BCUT2D eigenvalue weighted by molar-refractivity contribution is 5.50. The lowest BCUT2D eigenvalue weighted by molar-refractivity contribution is -0.712. The Balaban J connectivity index is 1.80. The van der Waals surface area contributed by atoms with Gasteiger partial charge in [0.15, 0.2) is 11.5 Å². The number of quaternary nitrogens is 1. The molecule has 0 radical (unpaired) electrons. The minimum absolute atomic E-state index is 0.507. The molecule has 0 saturated carbocycles. The maximum Gasteiger partial charge on any atom is 0.164 e. The van der Waals surface area contributed by atoms with Gasteiger partial charge in [-0.2, -0.15) is 0 Å². The van der Waals surface area contributed by atoms with Gasteiger partial charge in [0.25, 0.3) is 0 Å². The van der Waals surface area contributed by atoms with Crippen LogP contribution in [0, 0.1) is 0 Å². The van der Waals surface area contributed by atoms with Crippen molar-refractivity contribution >= 4 is 0 Å². The third kappa shape index (κ3) is 3.34. The van der Waals surface area contributed by atoms with Crippen LogP contribution < -0.4 is 19.5 Å². The summed E-state index contributed by atoms with van der Waals surface area (Å²) in [6.45, 7) is 0.850. The van der Waals surface area contributed by atoms with Crippen LogP contribution in [-0.2, 0) is 13.0 Å². The van der Waals surface area contributed by atoms with E-state index in [1.54, 1.807) is 21.3 Å². The van der Waals surface area contributed by atoms with Gasteiger partial charge in [0.2, 0.25) is 0 Å². The normalized spacial score (nSPS) is 16.4. The van der Waals surface area contributed by atoms with Crippen LogP contribution >= 0.6 is 0 Å². The van der Waals surface area contributed by atoms with Crippen LogP contribution in [0.15, 0.2) is 36.4 Å². The highest BCUT2D eigenvalue weighted by atomic mass is 16.5. The predicted octanol–water partition coefficient (Wildman–Crippen LogP) is 2.85. The Morgan fingerprint density at radius 3 is 2.42 bits per heavy atom. The van der Waals surface area contributed by atoms with Gasteiger partial charge in [-0.15, -0.1) is 0 Å². The van der Waals surface area contributed by atoms with Gasteiger partial charge in [0.05, 0.1) is 26.9 Å². The molecule has 0 aliphatic heterocycles. The first kappa shape index (κ1) is 16.7. The molecule has 4 heteroatoms. The highest BCUT2D eigenvalue weighted by Gasteiger charge is 2.23. The van der Waals surface area contributed by atoms with Crippen LogP contribution in [0.4, 0.5) is 0 Å². The van der Waals surface area contributed by atoms with Crippen molar-refractivity contribution in [3.63, 3.8) is 0 Å². The van der Waals surface area contributed by atoms with Gasteiger partial charge < -0.3 is 19.5 Å². The number of aryl methyl sites for hydroxylation is 1. The average molecular weight is 328 g/mol. The van der Waals surface area contributed by atoms with E-state index in [1.165, 1.54) is 30.4 Å². The number of benzene rings is 2. The Morgan fingerprint density at radius 1 is 0.958 bits per heavy atom. The summed E-state index contributed by atoms with van der Waals surface area (Å²) in [6.07, 6.45) is 3.66. The minimum atomic E-state index is 0.507. The van der Waals surface area contributed by atoms with Crippen LogP contribution in [0.2, 0.25) is 0 Å². The Hall–Kier alpha value is -2.20. The fraction of sp³-hybridized carbons (Fsp3) is 0.400. The van der Waals surface area contributed by atoms with Crippen LogP contribution in [0.3, 0.4) is 0 Å². The summed E-state index contributed by atoms with van der Waals surface area (Å²) in [7, 11) is 5.00. The van der Waals surface area contributed by atoms with Crippen LogP contribution in [0.25, 0.3) is 0 Å². The molecule has 0 bridgehead atoms. The Bertz CT molecular complexity index is 699. The molecule has 24 heavy (non-hydrogen) atoms. The van der Waals surface area contributed by atoms with E-state index in [-0.39, 0.29) is 0 Å². The SMILES string of the molecule is COc1cc(OC)c(OC)cc1C[NH2+][C@@H]1CCCc2ccccc21. The Labute approximate surface area is 143 Å². The molecule has 4 nitrogen and oxygen atoms in total. The molecule has 0 heterocycles. The van der Waals surface area contributed by atoms with E-state index in [0.29, 0.717) is 11.8 Å². The van der Waals surface area contributed by atoms with Crippen molar-refractivity contribution in [1.82, 2.24) is 0 Å². The summed E-state index contributed by atoms with van der Waals surface area (Å²) in [5.74, 6) is 2.28. The third-order valence-electron chi connectivity index (χ3n) is 4.82. The van der Waals surface area contributed by atoms with E-state index in [2.05, 4.69) is 29.6 Å². The van der Waals surface area contributed by atoms with Crippen molar-refractivity contribution in [2.75, 3.05) is 21.3 Å². The fourth-order valence-corrected chi connectivity index (χ4v) is 3.56. The molecule has 1 atom stereocenters. The predicted molar refractivity (Wildman–Crippen MR) is 93.8 cm³/mol. The van der Waals surface area contributed by atoms with E-state index in [9.17, 15) is 0 Å². The van der Waals surface area contributed by atoms with Crippen molar-refractivity contribution in [2.24, 2.45) is 0 Å². The van der Waals surface area contributed by atoms with E-state index in [4.69, 9.17) is 14.2 Å². The molecule has 2 N–H and O–H groups in total. The van der Waals surface area contributed by atoms with Gasteiger partial charge in [0, 0.05) is 18.1 Å². The van der Waals surface area contributed by atoms with Crippen molar-refractivity contribution in [1.29, 1.82) is 0 Å². The molecule has 0 spiro atoms. The lowest BCUT2D eigenvalue weighted by atomic mass is 9.87. The summed E-state index contributed by atoms with van der Waals surface area (Å²) in [6, 6.07) is 13.2. The van der Waals surface area contributed by atoms with Crippen LogP contribution in [0.5, 0.6) is 17.2 Å². The monoisotopic (exact) mass is 328 g/mol. The van der Waals surface area contributed by atoms with Crippen molar-refractivity contribution in [3.05, 3.63) is 53.1 Å². The van der Waals surface area contributed by atoms with Crippen molar-refractivity contribution < 1.29 is 19.5 Å². The number of hydrogen-bond donors (Lipinski definition) is 1. The van der Waals surface area contributed by atoms with Gasteiger partial charge >= 0.3 is 0 Å². The molecule has 0 saturated heterocycles. The molecule has 128 valence electrons. The molecule has 3 rings (SSSR count). The summed E-state index contributed by atoms with van der Waals surface area (Å²) in [5.41, 5.74) is 4.09. The Kier molecular flexibility index (Phi) is 5.26. The van der Waals surface area contributed by atoms with Gasteiger partial charge in [-0.1, -0.05) is 24.3 Å². The molecule has 0 amide bonds. The fourth-order valence-electron chi connectivity index (χ4n) is 3.56. The second kappa shape index (κ2) is 7.58. The molecule has 2 aromatic rings. The quantitative estimate of drug-likeness (QED) is 0.887. The number of ether oxygens (including phenoxy) is 3. The lowest BCUT2D eigenvalue weighted by Crippen LogP contribution is -2.84. The molecule has 2 aromatic carbocycles. The zero-order valence-corrected chi connectivity index (χ0v) is 14.7. The highest BCUT2D eigenvalue weighted by Crippen LogP contribution is 2.34. The molecule has 0 aromatic heterocycles. The second-order valence-corrected chi connectivity index (χ2v) is 6.16. The number of fused-ring (bicyclic) bond motifs is 1. The molecule has 0 fully saturated rings. The molecular weight excluding hydrogens is 302 g/mol. The maximum absolute atomic E-state index is 5.54. The zero-order valence-electron chi connectivity index (χ0n) is 14.7.